The molecule has 0 bridgehead atoms. The number of anilines is 1. The van der Waals surface area contributed by atoms with Crippen LogP contribution in [-0.4, -0.2) is 9.78 Å². The third kappa shape index (κ3) is 2.37. The van der Waals surface area contributed by atoms with Crippen molar-refractivity contribution in [2.45, 2.75) is 31.7 Å². The topological polar surface area (TPSA) is 67.6 Å². The smallest absolute Gasteiger partial charge is 0.140 e. The van der Waals surface area contributed by atoms with Gasteiger partial charge in [-0.15, -0.1) is 0 Å². The number of halogens is 3. The highest BCUT2D eigenvalue weighted by Gasteiger charge is 2.27. The van der Waals surface area contributed by atoms with Crippen molar-refractivity contribution >= 4 is 21.7 Å². The molecular formula is C15H13BrF2N4. The molecule has 2 aromatic rings. The number of hydrogen-bond donors (Lipinski definition) is 1. The lowest BCUT2D eigenvalue weighted by atomic mass is 10.1. The molecule has 3 rings (SSSR count). The van der Waals surface area contributed by atoms with E-state index in [-0.39, 0.29) is 33.2 Å². The zero-order chi connectivity index (χ0) is 15.9. The van der Waals surface area contributed by atoms with Crippen molar-refractivity contribution in [2.75, 3.05) is 5.73 Å². The van der Waals surface area contributed by atoms with Gasteiger partial charge in [0.05, 0.1) is 11.6 Å². The number of aromatic nitrogens is 2. The van der Waals surface area contributed by atoms with Crippen molar-refractivity contribution in [3.05, 3.63) is 33.8 Å². The van der Waals surface area contributed by atoms with Gasteiger partial charge in [0.25, 0.3) is 0 Å². The number of benzene rings is 1. The summed E-state index contributed by atoms with van der Waals surface area (Å²) in [4.78, 5) is 0. The van der Waals surface area contributed by atoms with Crippen LogP contribution < -0.4 is 5.73 Å². The third-order valence-corrected chi connectivity index (χ3v) is 4.43. The summed E-state index contributed by atoms with van der Waals surface area (Å²) in [6.45, 7) is 0. The van der Waals surface area contributed by atoms with Gasteiger partial charge < -0.3 is 5.73 Å². The van der Waals surface area contributed by atoms with Crippen molar-refractivity contribution in [1.29, 1.82) is 5.26 Å². The highest BCUT2D eigenvalue weighted by molar-refractivity contribution is 9.10. The molecule has 0 atom stereocenters. The summed E-state index contributed by atoms with van der Waals surface area (Å²) in [5.41, 5.74) is 5.66. The summed E-state index contributed by atoms with van der Waals surface area (Å²) < 4.78 is 30.2. The number of nitrogen functional groups attached to an aromatic ring is 1. The molecule has 1 aliphatic rings. The van der Waals surface area contributed by atoms with E-state index >= 15 is 0 Å². The van der Waals surface area contributed by atoms with Crippen LogP contribution in [0.5, 0.6) is 0 Å². The van der Waals surface area contributed by atoms with E-state index in [1.807, 2.05) is 6.07 Å². The maximum atomic E-state index is 14.2. The number of nitrogens with zero attached hydrogens (tertiary/aromatic N) is 3. The summed E-state index contributed by atoms with van der Waals surface area (Å²) in [6.07, 6.45) is 3.92. The molecule has 0 radical (unpaired) electrons. The Kier molecular flexibility index (Phi) is 3.87. The lowest BCUT2D eigenvalue weighted by molar-refractivity contribution is 0.474. The summed E-state index contributed by atoms with van der Waals surface area (Å²) >= 11 is 3.03. The normalized spacial score (nSPS) is 15.2. The van der Waals surface area contributed by atoms with Gasteiger partial charge in [0.15, 0.2) is 0 Å². The average molecular weight is 367 g/mol. The molecule has 0 amide bonds. The fourth-order valence-corrected chi connectivity index (χ4v) is 3.33. The molecule has 1 aromatic carbocycles. The average Bonchev–Trinajstić information content (AvgIpc) is 3.05. The maximum absolute atomic E-state index is 14.2. The van der Waals surface area contributed by atoms with Crippen molar-refractivity contribution < 1.29 is 8.78 Å². The Balaban J connectivity index is 2.20. The van der Waals surface area contributed by atoms with E-state index in [0.717, 1.165) is 37.8 Å². The molecule has 0 unspecified atom stereocenters. The minimum absolute atomic E-state index is 0.0204. The van der Waals surface area contributed by atoms with Crippen LogP contribution in [0.1, 0.15) is 37.3 Å². The van der Waals surface area contributed by atoms with Crippen LogP contribution in [0.15, 0.2) is 16.6 Å². The molecule has 1 heterocycles. The van der Waals surface area contributed by atoms with E-state index < -0.39 is 11.6 Å². The van der Waals surface area contributed by atoms with E-state index in [1.54, 1.807) is 4.68 Å². The minimum Gasteiger partial charge on any atom is -0.383 e. The molecule has 0 spiro atoms. The van der Waals surface area contributed by atoms with E-state index in [2.05, 4.69) is 21.0 Å². The molecule has 1 aliphatic carbocycles. The Bertz CT molecular complexity index is 750. The Morgan fingerprint density at radius 1 is 1.27 bits per heavy atom. The molecule has 0 saturated heterocycles. The fraction of sp³-hybridized carbons (Fsp3) is 0.333. The van der Waals surface area contributed by atoms with Crippen LogP contribution in [0.2, 0.25) is 0 Å². The SMILES string of the molecule is N#Cc1c(-c2c(F)cc(Br)cc2F)nn(C2CCCC2)c1N. The highest BCUT2D eigenvalue weighted by atomic mass is 79.9. The van der Waals surface area contributed by atoms with E-state index in [4.69, 9.17) is 5.73 Å². The van der Waals surface area contributed by atoms with Gasteiger partial charge in [-0.05, 0) is 25.0 Å². The first-order valence-corrected chi connectivity index (χ1v) is 7.75. The Hall–Kier alpha value is -1.94. The summed E-state index contributed by atoms with van der Waals surface area (Å²) in [6, 6.07) is 4.29. The van der Waals surface area contributed by atoms with Crippen molar-refractivity contribution in [3.63, 3.8) is 0 Å². The first-order chi connectivity index (χ1) is 10.5. The van der Waals surface area contributed by atoms with Gasteiger partial charge in [0.2, 0.25) is 0 Å². The van der Waals surface area contributed by atoms with Crippen molar-refractivity contribution in [2.24, 2.45) is 0 Å². The van der Waals surface area contributed by atoms with Crippen LogP contribution in [0.25, 0.3) is 11.3 Å². The highest BCUT2D eigenvalue weighted by Crippen LogP contribution is 2.37. The first-order valence-electron chi connectivity index (χ1n) is 6.96. The zero-order valence-corrected chi connectivity index (χ0v) is 13.2. The third-order valence-electron chi connectivity index (χ3n) is 3.97. The lowest BCUT2D eigenvalue weighted by Gasteiger charge is -2.11. The molecule has 22 heavy (non-hydrogen) atoms. The molecule has 7 heteroatoms. The second-order valence-electron chi connectivity index (χ2n) is 5.35. The van der Waals surface area contributed by atoms with E-state index in [0.29, 0.717) is 0 Å². The molecule has 2 N–H and O–H groups in total. The second kappa shape index (κ2) is 5.69. The van der Waals surface area contributed by atoms with Crippen LogP contribution >= 0.6 is 15.9 Å². The largest absolute Gasteiger partial charge is 0.383 e. The van der Waals surface area contributed by atoms with Crippen molar-refractivity contribution in [1.82, 2.24) is 9.78 Å². The monoisotopic (exact) mass is 366 g/mol. The van der Waals surface area contributed by atoms with Crippen LogP contribution in [-0.2, 0) is 0 Å². The molecule has 0 aliphatic heterocycles. The number of rotatable bonds is 2. The molecule has 1 fully saturated rings. The Labute approximate surface area is 134 Å². The molecule has 4 nitrogen and oxygen atoms in total. The molecular weight excluding hydrogens is 354 g/mol. The van der Waals surface area contributed by atoms with Gasteiger partial charge in [-0.25, -0.2) is 13.5 Å². The fourth-order valence-electron chi connectivity index (χ4n) is 2.93. The number of nitrogens with two attached hydrogens (primary N) is 1. The quantitative estimate of drug-likeness (QED) is 0.867. The maximum Gasteiger partial charge on any atom is 0.140 e. The van der Waals surface area contributed by atoms with Crippen LogP contribution in [0.4, 0.5) is 14.6 Å². The van der Waals surface area contributed by atoms with Gasteiger partial charge in [-0.3, -0.25) is 0 Å². The number of hydrogen-bond acceptors (Lipinski definition) is 3. The summed E-state index contributed by atoms with van der Waals surface area (Å²) in [5.74, 6) is -1.38. The molecule has 1 aromatic heterocycles. The lowest BCUT2D eigenvalue weighted by Crippen LogP contribution is -2.10. The van der Waals surface area contributed by atoms with Gasteiger partial charge in [-0.1, -0.05) is 28.8 Å². The summed E-state index contributed by atoms with van der Waals surface area (Å²) in [7, 11) is 0. The predicted molar refractivity (Wildman–Crippen MR) is 81.9 cm³/mol. The van der Waals surface area contributed by atoms with Gasteiger partial charge in [-0.2, -0.15) is 10.4 Å². The predicted octanol–water partition coefficient (Wildman–Crippen LogP) is 4.16. The second-order valence-corrected chi connectivity index (χ2v) is 6.26. The van der Waals surface area contributed by atoms with Gasteiger partial charge in [0, 0.05) is 4.47 Å². The first kappa shape index (κ1) is 15.0. The number of nitriles is 1. The molecule has 114 valence electrons. The zero-order valence-electron chi connectivity index (χ0n) is 11.6. The Morgan fingerprint density at radius 2 is 1.86 bits per heavy atom. The van der Waals surface area contributed by atoms with E-state index in [9.17, 15) is 14.0 Å². The standard InChI is InChI=1S/C15H13BrF2N4/c16-8-5-11(17)13(12(18)6-8)14-10(7-19)15(20)22(21-14)9-3-1-2-4-9/h5-6,9H,1-4,20H2. The van der Waals surface area contributed by atoms with Gasteiger partial charge in [0.1, 0.15) is 34.8 Å². The minimum atomic E-state index is -0.778. The van der Waals surface area contributed by atoms with Crippen LogP contribution in [0, 0.1) is 23.0 Å². The van der Waals surface area contributed by atoms with Crippen LogP contribution in [0.3, 0.4) is 0 Å². The Morgan fingerprint density at radius 3 is 2.41 bits per heavy atom. The van der Waals surface area contributed by atoms with E-state index in [1.165, 1.54) is 0 Å². The van der Waals surface area contributed by atoms with Gasteiger partial charge >= 0.3 is 0 Å². The molecule has 1 saturated carbocycles. The summed E-state index contributed by atoms with van der Waals surface area (Å²) in [5, 5.41) is 13.6. The van der Waals surface area contributed by atoms with Crippen molar-refractivity contribution in [3.8, 4) is 17.3 Å².